The minimum absolute atomic E-state index is 0.152. The molecule has 2 nitrogen and oxygen atoms in total. The van der Waals surface area contributed by atoms with E-state index in [1.54, 1.807) is 6.07 Å². The molecule has 1 atom stereocenters. The van der Waals surface area contributed by atoms with E-state index in [9.17, 15) is 4.39 Å². The summed E-state index contributed by atoms with van der Waals surface area (Å²) in [4.78, 5) is 1.96. The van der Waals surface area contributed by atoms with Gasteiger partial charge in [-0.25, -0.2) is 4.39 Å². The van der Waals surface area contributed by atoms with Crippen molar-refractivity contribution in [3.63, 3.8) is 0 Å². The molecule has 0 amide bonds. The SMILES string of the molecule is CCNC(C)CCN(C)c1ccccc1F. The van der Waals surface area contributed by atoms with Gasteiger partial charge in [0, 0.05) is 19.6 Å². The normalized spacial score (nSPS) is 12.5. The second kappa shape index (κ2) is 6.48. The van der Waals surface area contributed by atoms with Gasteiger partial charge in [-0.15, -0.1) is 0 Å². The second-order valence-corrected chi connectivity index (χ2v) is 4.12. The lowest BCUT2D eigenvalue weighted by Crippen LogP contribution is -2.30. The van der Waals surface area contributed by atoms with Crippen molar-refractivity contribution in [1.82, 2.24) is 5.32 Å². The Kier molecular flexibility index (Phi) is 5.26. The molecule has 0 fully saturated rings. The summed E-state index contributed by atoms with van der Waals surface area (Å²) in [7, 11) is 1.93. The van der Waals surface area contributed by atoms with Crippen LogP contribution in [0.15, 0.2) is 24.3 Å². The van der Waals surface area contributed by atoms with Crippen LogP contribution in [0.25, 0.3) is 0 Å². The molecule has 90 valence electrons. The highest BCUT2D eigenvalue weighted by Gasteiger charge is 2.07. The van der Waals surface area contributed by atoms with Gasteiger partial charge < -0.3 is 10.2 Å². The molecule has 1 aromatic rings. The maximum absolute atomic E-state index is 13.5. The van der Waals surface area contributed by atoms with Gasteiger partial charge >= 0.3 is 0 Å². The summed E-state index contributed by atoms with van der Waals surface area (Å²) < 4.78 is 13.5. The van der Waals surface area contributed by atoms with Gasteiger partial charge in [-0.3, -0.25) is 0 Å². The fraction of sp³-hybridized carbons (Fsp3) is 0.538. The Morgan fingerprint density at radius 1 is 1.38 bits per heavy atom. The van der Waals surface area contributed by atoms with E-state index in [4.69, 9.17) is 0 Å². The van der Waals surface area contributed by atoms with Crippen LogP contribution in [-0.2, 0) is 0 Å². The molecule has 1 N–H and O–H groups in total. The first-order valence-corrected chi connectivity index (χ1v) is 5.84. The highest BCUT2D eigenvalue weighted by Crippen LogP contribution is 2.17. The molecule has 0 aromatic heterocycles. The van der Waals surface area contributed by atoms with E-state index < -0.39 is 0 Å². The first kappa shape index (κ1) is 13.0. The van der Waals surface area contributed by atoms with Crippen molar-refractivity contribution in [2.24, 2.45) is 0 Å². The Hall–Kier alpha value is -1.09. The number of hydrogen-bond donors (Lipinski definition) is 1. The van der Waals surface area contributed by atoms with Crippen molar-refractivity contribution in [3.8, 4) is 0 Å². The molecule has 0 bridgehead atoms. The lowest BCUT2D eigenvalue weighted by molar-refractivity contribution is 0.528. The van der Waals surface area contributed by atoms with Crippen LogP contribution in [0.4, 0.5) is 10.1 Å². The van der Waals surface area contributed by atoms with Crippen LogP contribution in [-0.4, -0.2) is 26.2 Å². The van der Waals surface area contributed by atoms with Crippen molar-refractivity contribution >= 4 is 5.69 Å². The Labute approximate surface area is 97.5 Å². The highest BCUT2D eigenvalue weighted by molar-refractivity contribution is 5.46. The molecule has 0 saturated carbocycles. The van der Waals surface area contributed by atoms with Gasteiger partial charge in [0.1, 0.15) is 5.82 Å². The quantitative estimate of drug-likeness (QED) is 0.799. The summed E-state index contributed by atoms with van der Waals surface area (Å²) in [6.45, 7) is 6.08. The number of anilines is 1. The Morgan fingerprint density at radius 3 is 2.69 bits per heavy atom. The summed E-state index contributed by atoms with van der Waals surface area (Å²) in [6.07, 6.45) is 1.01. The van der Waals surface area contributed by atoms with Crippen molar-refractivity contribution in [2.45, 2.75) is 26.3 Å². The third-order valence-corrected chi connectivity index (χ3v) is 2.71. The van der Waals surface area contributed by atoms with Crippen LogP contribution < -0.4 is 10.2 Å². The molecule has 0 aliphatic heterocycles. The Bertz CT molecular complexity index is 315. The predicted molar refractivity (Wildman–Crippen MR) is 67.4 cm³/mol. The van der Waals surface area contributed by atoms with E-state index in [0.717, 1.165) is 19.5 Å². The van der Waals surface area contributed by atoms with E-state index in [0.29, 0.717) is 11.7 Å². The van der Waals surface area contributed by atoms with E-state index >= 15 is 0 Å². The first-order chi connectivity index (χ1) is 7.65. The third kappa shape index (κ3) is 3.81. The molecule has 3 heteroatoms. The average Bonchev–Trinajstić information content (AvgIpc) is 2.27. The lowest BCUT2D eigenvalue weighted by Gasteiger charge is -2.22. The van der Waals surface area contributed by atoms with Gasteiger partial charge in [0.2, 0.25) is 0 Å². The Balaban J connectivity index is 2.46. The van der Waals surface area contributed by atoms with Crippen LogP contribution in [0.1, 0.15) is 20.3 Å². The zero-order valence-electron chi connectivity index (χ0n) is 10.3. The molecule has 1 unspecified atom stereocenters. The molecule has 1 rings (SSSR count). The van der Waals surface area contributed by atoms with Crippen LogP contribution in [0.3, 0.4) is 0 Å². The topological polar surface area (TPSA) is 15.3 Å². The lowest BCUT2D eigenvalue weighted by atomic mass is 10.2. The van der Waals surface area contributed by atoms with Gasteiger partial charge in [0.05, 0.1) is 5.69 Å². The largest absolute Gasteiger partial charge is 0.372 e. The molecule has 0 aliphatic rings. The van der Waals surface area contributed by atoms with Gasteiger partial charge in [-0.2, -0.15) is 0 Å². The molecule has 0 radical (unpaired) electrons. The first-order valence-electron chi connectivity index (χ1n) is 5.84. The molecular weight excluding hydrogens is 203 g/mol. The van der Waals surface area contributed by atoms with E-state index in [1.807, 2.05) is 24.1 Å². The molecule has 0 spiro atoms. The number of rotatable bonds is 6. The van der Waals surface area contributed by atoms with Crippen LogP contribution in [0.5, 0.6) is 0 Å². The van der Waals surface area contributed by atoms with E-state index in [-0.39, 0.29) is 5.82 Å². The summed E-state index contributed by atoms with van der Waals surface area (Å²) in [5.74, 6) is -0.152. The maximum Gasteiger partial charge on any atom is 0.146 e. The zero-order valence-corrected chi connectivity index (χ0v) is 10.3. The van der Waals surface area contributed by atoms with Crippen LogP contribution in [0.2, 0.25) is 0 Å². The molecule has 0 aliphatic carbocycles. The molecule has 0 saturated heterocycles. The monoisotopic (exact) mass is 224 g/mol. The van der Waals surface area contributed by atoms with Gasteiger partial charge in [-0.1, -0.05) is 19.1 Å². The fourth-order valence-corrected chi connectivity index (χ4v) is 1.72. The zero-order chi connectivity index (χ0) is 12.0. The number of halogens is 1. The van der Waals surface area contributed by atoms with Gasteiger partial charge in [0.15, 0.2) is 0 Å². The molecule has 0 heterocycles. The number of nitrogens with zero attached hydrogens (tertiary/aromatic N) is 1. The number of hydrogen-bond acceptors (Lipinski definition) is 2. The van der Waals surface area contributed by atoms with Gasteiger partial charge in [0.25, 0.3) is 0 Å². The minimum atomic E-state index is -0.152. The van der Waals surface area contributed by atoms with Crippen molar-refractivity contribution in [1.29, 1.82) is 0 Å². The number of para-hydroxylation sites is 1. The average molecular weight is 224 g/mol. The van der Waals surface area contributed by atoms with E-state index in [2.05, 4.69) is 19.2 Å². The minimum Gasteiger partial charge on any atom is -0.372 e. The van der Waals surface area contributed by atoms with E-state index in [1.165, 1.54) is 6.07 Å². The second-order valence-electron chi connectivity index (χ2n) is 4.12. The van der Waals surface area contributed by atoms with Crippen LogP contribution >= 0.6 is 0 Å². The summed E-state index contributed by atoms with van der Waals surface area (Å²) in [6, 6.07) is 7.36. The molecule has 1 aromatic carbocycles. The third-order valence-electron chi connectivity index (χ3n) is 2.71. The van der Waals surface area contributed by atoms with Crippen molar-refractivity contribution in [2.75, 3.05) is 25.0 Å². The summed E-state index contributed by atoms with van der Waals surface area (Å²) in [5, 5.41) is 3.35. The predicted octanol–water partition coefficient (Wildman–Crippen LogP) is 2.65. The molecular formula is C13H21FN2. The number of benzene rings is 1. The smallest absolute Gasteiger partial charge is 0.146 e. The number of nitrogens with one attached hydrogen (secondary N) is 1. The fourth-order valence-electron chi connectivity index (χ4n) is 1.72. The highest BCUT2D eigenvalue weighted by atomic mass is 19.1. The Morgan fingerprint density at radius 2 is 2.06 bits per heavy atom. The molecule has 16 heavy (non-hydrogen) atoms. The van der Waals surface area contributed by atoms with Crippen molar-refractivity contribution in [3.05, 3.63) is 30.1 Å². The standard InChI is InChI=1S/C13H21FN2/c1-4-15-11(2)9-10-16(3)13-8-6-5-7-12(13)14/h5-8,11,15H,4,9-10H2,1-3H3. The van der Waals surface area contributed by atoms with Gasteiger partial charge in [-0.05, 0) is 32.0 Å². The van der Waals surface area contributed by atoms with Crippen molar-refractivity contribution < 1.29 is 4.39 Å². The maximum atomic E-state index is 13.5. The van der Waals surface area contributed by atoms with Crippen LogP contribution in [0, 0.1) is 5.82 Å². The summed E-state index contributed by atoms with van der Waals surface area (Å²) in [5.41, 5.74) is 0.672. The summed E-state index contributed by atoms with van der Waals surface area (Å²) >= 11 is 0.